The summed E-state index contributed by atoms with van der Waals surface area (Å²) in [7, 11) is 0. The van der Waals surface area contributed by atoms with E-state index < -0.39 is 0 Å². The zero-order valence-electron chi connectivity index (χ0n) is 5.26. The highest BCUT2D eigenvalue weighted by Crippen LogP contribution is 2.14. The van der Waals surface area contributed by atoms with Crippen molar-refractivity contribution in [2.75, 3.05) is 4.34 Å². The Kier molecular flexibility index (Phi) is 2.35. The van der Waals surface area contributed by atoms with Gasteiger partial charge < -0.3 is 4.34 Å². The Balaban J connectivity index is 3.12. The van der Waals surface area contributed by atoms with Crippen molar-refractivity contribution in [1.82, 2.24) is 0 Å². The molecule has 0 amide bonds. The third-order valence-electron chi connectivity index (χ3n) is 1.18. The van der Waals surface area contributed by atoms with Crippen LogP contribution in [-0.4, -0.2) is 0 Å². The van der Waals surface area contributed by atoms with E-state index in [1.165, 1.54) is 0 Å². The van der Waals surface area contributed by atoms with Crippen LogP contribution in [0.4, 0.5) is 5.69 Å². The van der Waals surface area contributed by atoms with Gasteiger partial charge in [-0.05, 0) is 12.1 Å². The second-order valence-corrected chi connectivity index (χ2v) is 2.18. The molecule has 1 nitrogen and oxygen atoms in total. The van der Waals surface area contributed by atoms with Gasteiger partial charge in [-0.2, -0.15) is 0 Å². The van der Waals surface area contributed by atoms with Crippen LogP contribution in [0.1, 0.15) is 5.56 Å². The molecule has 0 aliphatic rings. The molecule has 0 saturated heterocycles. The minimum Gasteiger partial charge on any atom is -0.321 e. The zero-order chi connectivity index (χ0) is 7.40. The van der Waals surface area contributed by atoms with Crippen LogP contribution in [0.25, 0.3) is 0 Å². The first-order valence-electron chi connectivity index (χ1n) is 2.81. The molecule has 2 heteroatoms. The van der Waals surface area contributed by atoms with Crippen LogP contribution in [0.5, 0.6) is 0 Å². The van der Waals surface area contributed by atoms with E-state index in [-0.39, 0.29) is 0 Å². The Labute approximate surface area is 68.8 Å². The van der Waals surface area contributed by atoms with Gasteiger partial charge in [0.1, 0.15) is 0 Å². The second-order valence-electron chi connectivity index (χ2n) is 1.78. The summed E-state index contributed by atoms with van der Waals surface area (Å²) in [5.41, 5.74) is 1.78. The van der Waals surface area contributed by atoms with Crippen LogP contribution in [-0.2, 0) is 0 Å². The highest BCUT2D eigenvalue weighted by Gasteiger charge is 1.92. The molecule has 0 fully saturated rings. The lowest BCUT2D eigenvalue weighted by Crippen LogP contribution is -1.83. The van der Waals surface area contributed by atoms with E-state index in [2.05, 4.69) is 26.4 Å². The number of nitrogens with one attached hydrogen (secondary N) is 1. The van der Waals surface area contributed by atoms with E-state index in [4.69, 9.17) is 6.42 Å². The lowest BCUT2D eigenvalue weighted by Gasteiger charge is -1.98. The number of terminal acetylenes is 1. The number of halogens is 1. The van der Waals surface area contributed by atoms with Crippen molar-refractivity contribution in [2.45, 2.75) is 0 Å². The molecule has 1 rings (SSSR count). The van der Waals surface area contributed by atoms with E-state index in [0.29, 0.717) is 0 Å². The van der Waals surface area contributed by atoms with Crippen molar-refractivity contribution in [2.24, 2.45) is 0 Å². The quantitative estimate of drug-likeness (QED) is 0.537. The molecule has 0 bridgehead atoms. The summed E-state index contributed by atoms with van der Waals surface area (Å²) in [6.45, 7) is 0. The molecule has 0 aromatic heterocycles. The number of rotatable bonds is 1. The smallest absolute Gasteiger partial charge is 0.0598 e. The summed E-state index contributed by atoms with van der Waals surface area (Å²) in [6.07, 6.45) is 5.22. The van der Waals surface area contributed by atoms with Gasteiger partial charge in [-0.15, -0.1) is 6.42 Å². The molecular formula is C8H6BrN. The van der Waals surface area contributed by atoms with Gasteiger partial charge in [-0.3, -0.25) is 0 Å². The van der Waals surface area contributed by atoms with E-state index in [0.717, 1.165) is 11.3 Å². The monoisotopic (exact) mass is 195 g/mol. The van der Waals surface area contributed by atoms with Crippen LogP contribution < -0.4 is 4.34 Å². The third kappa shape index (κ3) is 1.31. The van der Waals surface area contributed by atoms with Crippen molar-refractivity contribution in [3.05, 3.63) is 29.8 Å². The predicted octanol–water partition coefficient (Wildman–Crippen LogP) is 2.39. The van der Waals surface area contributed by atoms with Crippen LogP contribution in [0.2, 0.25) is 0 Å². The number of anilines is 1. The topological polar surface area (TPSA) is 12.0 Å². The molecule has 1 aromatic carbocycles. The van der Waals surface area contributed by atoms with E-state index in [9.17, 15) is 0 Å². The minimum atomic E-state index is 0.861. The number of benzene rings is 1. The molecule has 0 aliphatic carbocycles. The van der Waals surface area contributed by atoms with Gasteiger partial charge in [-0.1, -0.05) is 18.1 Å². The molecule has 10 heavy (non-hydrogen) atoms. The summed E-state index contributed by atoms with van der Waals surface area (Å²) in [6, 6.07) is 7.61. The highest BCUT2D eigenvalue weighted by molar-refractivity contribution is 9.10. The van der Waals surface area contributed by atoms with Gasteiger partial charge in [0.15, 0.2) is 0 Å². The number of hydrogen-bond donors (Lipinski definition) is 1. The van der Waals surface area contributed by atoms with E-state index >= 15 is 0 Å². The van der Waals surface area contributed by atoms with Crippen LogP contribution in [0.15, 0.2) is 24.3 Å². The molecule has 0 atom stereocenters. The second kappa shape index (κ2) is 3.28. The Morgan fingerprint density at radius 2 is 2.10 bits per heavy atom. The molecule has 0 saturated carbocycles. The predicted molar refractivity (Wildman–Crippen MR) is 46.9 cm³/mol. The fourth-order valence-electron chi connectivity index (χ4n) is 0.691. The van der Waals surface area contributed by atoms with Crippen molar-refractivity contribution in [1.29, 1.82) is 0 Å². The zero-order valence-corrected chi connectivity index (χ0v) is 6.85. The first-order chi connectivity index (χ1) is 4.88. The average Bonchev–Trinajstić information content (AvgIpc) is 2.04. The van der Waals surface area contributed by atoms with Gasteiger partial charge in [-0.25, -0.2) is 0 Å². The summed E-state index contributed by atoms with van der Waals surface area (Å²) in [4.78, 5) is 0. The lowest BCUT2D eigenvalue weighted by atomic mass is 10.2. The lowest BCUT2D eigenvalue weighted by molar-refractivity contribution is 1.64. The standard InChI is InChI=1S/C8H6BrN/c1-2-7-5-3-4-6-8(7)10-9/h1,3-6,10H. The third-order valence-corrected chi connectivity index (χ3v) is 1.61. The molecule has 50 valence electrons. The number of hydrogen-bond acceptors (Lipinski definition) is 1. The highest BCUT2D eigenvalue weighted by atomic mass is 79.9. The average molecular weight is 196 g/mol. The molecule has 0 unspecified atom stereocenters. The first kappa shape index (κ1) is 7.17. The van der Waals surface area contributed by atoms with Gasteiger partial charge in [0, 0.05) is 21.7 Å². The largest absolute Gasteiger partial charge is 0.321 e. The minimum absolute atomic E-state index is 0.861. The maximum absolute atomic E-state index is 5.22. The van der Waals surface area contributed by atoms with Crippen molar-refractivity contribution < 1.29 is 0 Å². The van der Waals surface area contributed by atoms with E-state index in [1.54, 1.807) is 0 Å². The molecule has 0 aliphatic heterocycles. The molecular weight excluding hydrogens is 190 g/mol. The van der Waals surface area contributed by atoms with Crippen LogP contribution in [0.3, 0.4) is 0 Å². The summed E-state index contributed by atoms with van der Waals surface area (Å²) >= 11 is 3.10. The summed E-state index contributed by atoms with van der Waals surface area (Å²) < 4.78 is 2.82. The van der Waals surface area contributed by atoms with Crippen molar-refractivity contribution >= 4 is 21.8 Å². The molecule has 0 radical (unpaired) electrons. The van der Waals surface area contributed by atoms with Crippen molar-refractivity contribution in [3.63, 3.8) is 0 Å². The Morgan fingerprint density at radius 3 is 2.60 bits per heavy atom. The fraction of sp³-hybridized carbons (Fsp3) is 0. The van der Waals surface area contributed by atoms with E-state index in [1.807, 2.05) is 24.3 Å². The molecule has 0 spiro atoms. The van der Waals surface area contributed by atoms with Crippen molar-refractivity contribution in [3.8, 4) is 12.3 Å². The van der Waals surface area contributed by atoms with Gasteiger partial charge in [0.05, 0.1) is 5.69 Å². The van der Waals surface area contributed by atoms with Gasteiger partial charge >= 0.3 is 0 Å². The Hall–Kier alpha value is -0.940. The fourth-order valence-corrected chi connectivity index (χ4v) is 1.04. The molecule has 1 N–H and O–H groups in total. The Morgan fingerprint density at radius 1 is 1.40 bits per heavy atom. The van der Waals surface area contributed by atoms with Crippen LogP contribution >= 0.6 is 16.1 Å². The maximum Gasteiger partial charge on any atom is 0.0598 e. The summed E-state index contributed by atoms with van der Waals surface area (Å²) in [5.74, 6) is 2.55. The van der Waals surface area contributed by atoms with Crippen LogP contribution in [0, 0.1) is 12.3 Å². The molecule has 1 aromatic rings. The maximum atomic E-state index is 5.22. The van der Waals surface area contributed by atoms with Gasteiger partial charge in [0.25, 0.3) is 0 Å². The molecule has 0 heterocycles. The number of para-hydroxylation sites is 1. The SMILES string of the molecule is C#Cc1ccccc1NBr. The first-order valence-corrected chi connectivity index (χ1v) is 3.60. The normalized spacial score (nSPS) is 8.40. The Bertz CT molecular complexity index is 262. The van der Waals surface area contributed by atoms with Gasteiger partial charge in [0.2, 0.25) is 0 Å². The summed E-state index contributed by atoms with van der Waals surface area (Å²) in [5, 5.41) is 0.